The van der Waals surface area contributed by atoms with Crippen molar-refractivity contribution in [3.05, 3.63) is 28.7 Å². The normalized spacial score (nSPS) is 20.2. The Kier molecular flexibility index (Phi) is 5.22. The van der Waals surface area contributed by atoms with Gasteiger partial charge in [0.25, 0.3) is 0 Å². The van der Waals surface area contributed by atoms with Gasteiger partial charge in [0, 0.05) is 11.0 Å². The van der Waals surface area contributed by atoms with Crippen molar-refractivity contribution >= 4 is 21.8 Å². The molecule has 5 heteroatoms. The van der Waals surface area contributed by atoms with Crippen LogP contribution in [0.3, 0.4) is 0 Å². The maximum atomic E-state index is 12.0. The number of halogens is 1. The third kappa shape index (κ3) is 4.21. The largest absolute Gasteiger partial charge is 0.492 e. The van der Waals surface area contributed by atoms with Crippen molar-refractivity contribution in [2.24, 2.45) is 0 Å². The molecule has 1 atom stereocenters. The smallest absolute Gasteiger partial charge is 0.239 e. The van der Waals surface area contributed by atoms with E-state index in [1.54, 1.807) is 0 Å². The Balaban J connectivity index is 1.83. The summed E-state index contributed by atoms with van der Waals surface area (Å²) in [5.41, 5.74) is 0. The van der Waals surface area contributed by atoms with Gasteiger partial charge >= 0.3 is 0 Å². The minimum atomic E-state index is -0.0895. The van der Waals surface area contributed by atoms with Crippen LogP contribution >= 0.6 is 15.9 Å². The van der Waals surface area contributed by atoms with Crippen LogP contribution in [0.25, 0.3) is 0 Å². The van der Waals surface area contributed by atoms with Crippen LogP contribution in [0.5, 0.6) is 5.75 Å². The molecule has 1 heterocycles. The highest BCUT2D eigenvalue weighted by atomic mass is 79.9. The molecule has 0 saturated carbocycles. The van der Waals surface area contributed by atoms with E-state index in [1.807, 2.05) is 36.1 Å². The number of carbonyl (C=O) groups excluding carboxylic acids is 1. The molecule has 0 aliphatic carbocycles. The zero-order chi connectivity index (χ0) is 13.7. The number of ether oxygens (including phenoxy) is 1. The zero-order valence-electron chi connectivity index (χ0n) is 11.1. The Hall–Kier alpha value is -1.07. The maximum Gasteiger partial charge on any atom is 0.239 e. The van der Waals surface area contributed by atoms with Crippen LogP contribution in [0, 0.1) is 0 Å². The molecular formula is C14H19BrN2O2. The van der Waals surface area contributed by atoms with E-state index in [-0.39, 0.29) is 11.9 Å². The molecule has 1 amide bonds. The first-order chi connectivity index (χ1) is 9.16. The van der Waals surface area contributed by atoms with Crippen molar-refractivity contribution in [3.8, 4) is 5.75 Å². The second kappa shape index (κ2) is 6.91. The Morgan fingerprint density at radius 1 is 1.53 bits per heavy atom. The number of hydrogen-bond acceptors (Lipinski definition) is 3. The molecule has 1 saturated heterocycles. The van der Waals surface area contributed by atoms with Gasteiger partial charge < -0.3 is 15.0 Å². The predicted octanol–water partition coefficient (Wildman–Crippen LogP) is 2.04. The Morgan fingerprint density at radius 2 is 2.37 bits per heavy atom. The lowest BCUT2D eigenvalue weighted by atomic mass is 10.3. The number of carbonyl (C=O) groups is 1. The van der Waals surface area contributed by atoms with E-state index >= 15 is 0 Å². The molecule has 1 aromatic rings. The van der Waals surface area contributed by atoms with Crippen molar-refractivity contribution in [2.75, 3.05) is 26.2 Å². The van der Waals surface area contributed by atoms with Crippen molar-refractivity contribution in [1.82, 2.24) is 10.2 Å². The van der Waals surface area contributed by atoms with E-state index in [9.17, 15) is 4.79 Å². The lowest BCUT2D eigenvalue weighted by Crippen LogP contribution is -2.43. The van der Waals surface area contributed by atoms with Crippen molar-refractivity contribution in [2.45, 2.75) is 19.4 Å². The lowest BCUT2D eigenvalue weighted by Gasteiger charge is -2.22. The molecule has 2 rings (SSSR count). The van der Waals surface area contributed by atoms with Crippen LogP contribution < -0.4 is 10.1 Å². The van der Waals surface area contributed by atoms with Crippen LogP contribution in [0.1, 0.15) is 13.3 Å². The third-order valence-electron chi connectivity index (χ3n) is 3.16. The molecule has 1 N–H and O–H groups in total. The first-order valence-corrected chi connectivity index (χ1v) is 7.36. The summed E-state index contributed by atoms with van der Waals surface area (Å²) < 4.78 is 6.66. The van der Waals surface area contributed by atoms with E-state index in [0.717, 1.165) is 29.7 Å². The van der Waals surface area contributed by atoms with Crippen molar-refractivity contribution < 1.29 is 9.53 Å². The quantitative estimate of drug-likeness (QED) is 0.920. The monoisotopic (exact) mass is 326 g/mol. The number of amides is 1. The third-order valence-corrected chi connectivity index (χ3v) is 3.66. The number of rotatable bonds is 4. The van der Waals surface area contributed by atoms with E-state index in [1.165, 1.54) is 0 Å². The van der Waals surface area contributed by atoms with Crippen LogP contribution in [0.4, 0.5) is 0 Å². The molecule has 1 fully saturated rings. The van der Waals surface area contributed by atoms with E-state index in [2.05, 4.69) is 21.2 Å². The van der Waals surface area contributed by atoms with Gasteiger partial charge in [0.05, 0.1) is 12.6 Å². The fourth-order valence-corrected chi connectivity index (χ4v) is 2.49. The van der Waals surface area contributed by atoms with Gasteiger partial charge in [-0.1, -0.05) is 22.0 Å². The minimum absolute atomic E-state index is 0.0895. The van der Waals surface area contributed by atoms with E-state index in [0.29, 0.717) is 13.2 Å². The summed E-state index contributed by atoms with van der Waals surface area (Å²) >= 11 is 3.41. The number of nitrogens with zero attached hydrogens (tertiary/aromatic N) is 1. The second-order valence-electron chi connectivity index (χ2n) is 4.66. The molecule has 104 valence electrons. The fourth-order valence-electron chi connectivity index (χ4n) is 2.11. The molecule has 0 bridgehead atoms. The van der Waals surface area contributed by atoms with Gasteiger partial charge in [0.2, 0.25) is 5.91 Å². The fraction of sp³-hybridized carbons (Fsp3) is 0.500. The van der Waals surface area contributed by atoms with Crippen LogP contribution in [0.2, 0.25) is 0 Å². The first kappa shape index (κ1) is 14.3. The molecule has 4 nitrogen and oxygen atoms in total. The highest BCUT2D eigenvalue weighted by Gasteiger charge is 2.22. The molecule has 19 heavy (non-hydrogen) atoms. The lowest BCUT2D eigenvalue weighted by molar-refractivity contribution is -0.132. The topological polar surface area (TPSA) is 41.6 Å². The number of nitrogens with one attached hydrogen (secondary N) is 1. The molecule has 1 unspecified atom stereocenters. The standard InChI is InChI=1S/C14H19BrN2O2/c1-11-14(18)17(7-3-6-16-11)8-9-19-13-5-2-4-12(15)10-13/h2,4-5,10-11,16H,3,6-9H2,1H3. The van der Waals surface area contributed by atoms with Gasteiger partial charge in [-0.3, -0.25) is 4.79 Å². The van der Waals surface area contributed by atoms with Crippen molar-refractivity contribution in [1.29, 1.82) is 0 Å². The SMILES string of the molecule is CC1NCCCN(CCOc2cccc(Br)c2)C1=O. The second-order valence-corrected chi connectivity index (χ2v) is 5.58. The Labute approximate surface area is 122 Å². The Bertz CT molecular complexity index is 439. The molecular weight excluding hydrogens is 308 g/mol. The molecule has 0 spiro atoms. The first-order valence-electron chi connectivity index (χ1n) is 6.57. The van der Waals surface area contributed by atoms with Gasteiger partial charge in [0.15, 0.2) is 0 Å². The number of hydrogen-bond donors (Lipinski definition) is 1. The summed E-state index contributed by atoms with van der Waals surface area (Å²) in [5, 5.41) is 3.20. The number of benzene rings is 1. The molecule has 0 radical (unpaired) electrons. The average molecular weight is 327 g/mol. The van der Waals surface area contributed by atoms with Gasteiger partial charge in [-0.2, -0.15) is 0 Å². The van der Waals surface area contributed by atoms with Crippen molar-refractivity contribution in [3.63, 3.8) is 0 Å². The summed E-state index contributed by atoms with van der Waals surface area (Å²) in [6.07, 6.45) is 0.993. The summed E-state index contributed by atoms with van der Waals surface area (Å²) in [7, 11) is 0. The molecule has 0 aromatic heterocycles. The summed E-state index contributed by atoms with van der Waals surface area (Å²) in [4.78, 5) is 13.9. The zero-order valence-corrected chi connectivity index (χ0v) is 12.6. The van der Waals surface area contributed by atoms with Gasteiger partial charge in [0.1, 0.15) is 12.4 Å². The Morgan fingerprint density at radius 3 is 3.16 bits per heavy atom. The van der Waals surface area contributed by atoms with E-state index < -0.39 is 0 Å². The molecule has 1 aromatic carbocycles. The highest BCUT2D eigenvalue weighted by Crippen LogP contribution is 2.17. The summed E-state index contributed by atoms with van der Waals surface area (Å²) in [6.45, 7) is 4.77. The minimum Gasteiger partial charge on any atom is -0.492 e. The van der Waals surface area contributed by atoms with Gasteiger partial charge in [-0.25, -0.2) is 0 Å². The molecule has 1 aliphatic heterocycles. The predicted molar refractivity (Wildman–Crippen MR) is 78.3 cm³/mol. The van der Waals surface area contributed by atoms with Gasteiger partial charge in [-0.05, 0) is 38.1 Å². The maximum absolute atomic E-state index is 12.0. The highest BCUT2D eigenvalue weighted by molar-refractivity contribution is 9.10. The average Bonchev–Trinajstić information content (AvgIpc) is 2.54. The van der Waals surface area contributed by atoms with Crippen LogP contribution in [0.15, 0.2) is 28.7 Å². The van der Waals surface area contributed by atoms with Gasteiger partial charge in [-0.15, -0.1) is 0 Å². The van der Waals surface area contributed by atoms with E-state index in [4.69, 9.17) is 4.74 Å². The molecule has 1 aliphatic rings. The summed E-state index contributed by atoms with van der Waals surface area (Å²) in [6, 6.07) is 7.64. The van der Waals surface area contributed by atoms with Crippen LogP contribution in [-0.2, 0) is 4.79 Å². The summed E-state index contributed by atoms with van der Waals surface area (Å²) in [5.74, 6) is 0.984. The van der Waals surface area contributed by atoms with Crippen LogP contribution in [-0.4, -0.2) is 43.1 Å².